The fourth-order valence-corrected chi connectivity index (χ4v) is 2.75. The van der Waals surface area contributed by atoms with Crippen LogP contribution in [-0.4, -0.2) is 17.5 Å². The van der Waals surface area contributed by atoms with E-state index in [0.29, 0.717) is 0 Å². The van der Waals surface area contributed by atoms with Crippen LogP contribution >= 0.6 is 0 Å². The molecule has 0 aliphatic carbocycles. The molecule has 0 aliphatic heterocycles. The van der Waals surface area contributed by atoms with Crippen molar-refractivity contribution in [2.45, 2.75) is 110 Å². The van der Waals surface area contributed by atoms with Crippen LogP contribution in [0.3, 0.4) is 0 Å². The minimum Gasteiger partial charge on any atom is -0.340 e. The summed E-state index contributed by atoms with van der Waals surface area (Å²) in [6.45, 7) is 8.89. The van der Waals surface area contributed by atoms with Crippen molar-refractivity contribution in [2.24, 2.45) is 5.92 Å². The number of hydrogen-bond donors (Lipinski definition) is 2. The van der Waals surface area contributed by atoms with E-state index in [0.717, 1.165) is 5.92 Å². The first-order chi connectivity index (χ1) is 11.3. The molecule has 0 spiro atoms. The van der Waals surface area contributed by atoms with Gasteiger partial charge < -0.3 is 6.92 Å². The van der Waals surface area contributed by atoms with Crippen molar-refractivity contribution < 1.29 is 47.1 Å². The molecule has 6 heteroatoms. The van der Waals surface area contributed by atoms with Crippen LogP contribution in [0.25, 0.3) is 0 Å². The summed E-state index contributed by atoms with van der Waals surface area (Å²) in [6, 6.07) is 0. The van der Waals surface area contributed by atoms with E-state index in [1.807, 2.05) is 0 Å². The Kier molecular flexibility index (Phi) is 28.0. The van der Waals surface area contributed by atoms with E-state index in [9.17, 15) is 0 Å². The Labute approximate surface area is 179 Å². The fraction of sp³-hybridized carbons (Fsp3) is 0.947. The van der Waals surface area contributed by atoms with Crippen LogP contribution in [0.4, 0.5) is 0 Å². The van der Waals surface area contributed by atoms with Gasteiger partial charge in [-0.25, -0.2) is 0 Å². The molecule has 0 radical (unpaired) electrons. The summed E-state index contributed by atoms with van der Waals surface area (Å²) in [5.74, 6) is 0.724. The average molecular weight is 389 g/mol. The van der Waals surface area contributed by atoms with Crippen LogP contribution in [0, 0.1) is 12.8 Å². The predicted octanol–water partition coefficient (Wildman–Crippen LogP) is 3.68. The summed E-state index contributed by atoms with van der Waals surface area (Å²) in [5.41, 5.74) is 0. The van der Waals surface area contributed by atoms with Crippen LogP contribution in [0.1, 0.15) is 110 Å². The van der Waals surface area contributed by atoms with Gasteiger partial charge in [0.2, 0.25) is 0 Å². The quantitative estimate of drug-likeness (QED) is 0.194. The molecule has 0 aliphatic rings. The third-order valence-electron chi connectivity index (χ3n) is 4.18. The van der Waals surface area contributed by atoms with Crippen molar-refractivity contribution in [3.05, 3.63) is 6.92 Å². The normalized spacial score (nSPS) is 12.0. The molecule has 0 bridgehead atoms. The molecule has 1 unspecified atom stereocenters. The first-order valence-electron chi connectivity index (χ1n) is 9.84. The van der Waals surface area contributed by atoms with Gasteiger partial charge in [-0.1, -0.05) is 110 Å². The molecular formula is C19H41NaO4S. The molecule has 0 aromatic heterocycles. The van der Waals surface area contributed by atoms with Crippen molar-refractivity contribution in [3.8, 4) is 0 Å². The second-order valence-corrected chi connectivity index (χ2v) is 7.68. The smallest absolute Gasteiger partial charge is 0.340 e. The minimum absolute atomic E-state index is 0. The Morgan fingerprint density at radius 1 is 0.680 bits per heavy atom. The van der Waals surface area contributed by atoms with Crippen LogP contribution in [0.2, 0.25) is 0 Å². The maximum atomic E-state index is 8.74. The molecule has 0 saturated carbocycles. The van der Waals surface area contributed by atoms with Gasteiger partial charge >= 0.3 is 40.0 Å². The van der Waals surface area contributed by atoms with E-state index in [2.05, 4.69) is 20.8 Å². The molecule has 2 N–H and O–H groups in total. The molecule has 0 saturated heterocycles. The zero-order chi connectivity index (χ0) is 18.7. The summed E-state index contributed by atoms with van der Waals surface area (Å²) in [6.07, 6.45) is 21.2. The second-order valence-electron chi connectivity index (χ2n) is 6.78. The van der Waals surface area contributed by atoms with Gasteiger partial charge in [0.05, 0.1) is 0 Å². The minimum atomic E-state index is -4.67. The number of rotatable bonds is 15. The maximum absolute atomic E-state index is 8.74. The molecule has 0 rings (SSSR count). The molecule has 4 nitrogen and oxygen atoms in total. The average Bonchev–Trinajstić information content (AvgIpc) is 2.48. The SMILES string of the molecule is O=S(=O)(O)O.[CH2-]C(CCCCCCCC)CCCCCCCCC.[Na+]. The second kappa shape index (κ2) is 22.9. The summed E-state index contributed by atoms with van der Waals surface area (Å²) >= 11 is 0. The van der Waals surface area contributed by atoms with Gasteiger partial charge in [-0.2, -0.15) is 14.3 Å². The Bertz CT molecular complexity index is 326. The standard InChI is InChI=1S/C19H39.Na.H2O4S/c1-4-6-8-10-12-14-16-18-19(3)17-15-13-11-9-7-5-2;;1-5(2,3)4/h19H,3-18H2,1-2H3;;(H2,1,2,3,4)/q-1;+1;. The molecule has 0 amide bonds. The molecule has 0 aromatic rings. The predicted molar refractivity (Wildman–Crippen MR) is 104 cm³/mol. The molecule has 25 heavy (non-hydrogen) atoms. The topological polar surface area (TPSA) is 74.6 Å². The van der Waals surface area contributed by atoms with Crippen LogP contribution in [-0.2, 0) is 10.4 Å². The van der Waals surface area contributed by atoms with Gasteiger partial charge in [0.25, 0.3) is 0 Å². The van der Waals surface area contributed by atoms with Crippen LogP contribution in [0.5, 0.6) is 0 Å². The van der Waals surface area contributed by atoms with E-state index < -0.39 is 10.4 Å². The van der Waals surface area contributed by atoms with E-state index in [4.69, 9.17) is 17.5 Å². The molecule has 148 valence electrons. The molecule has 1 atom stereocenters. The van der Waals surface area contributed by atoms with Gasteiger partial charge in [0.1, 0.15) is 0 Å². The maximum Gasteiger partial charge on any atom is 1.00 e. The van der Waals surface area contributed by atoms with E-state index in [1.54, 1.807) is 0 Å². The van der Waals surface area contributed by atoms with E-state index in [1.165, 1.54) is 96.3 Å². The summed E-state index contributed by atoms with van der Waals surface area (Å²) in [7, 11) is -4.67. The van der Waals surface area contributed by atoms with Gasteiger partial charge in [0.15, 0.2) is 0 Å². The Balaban J connectivity index is -0.000000704. The zero-order valence-electron chi connectivity index (χ0n) is 17.0. The van der Waals surface area contributed by atoms with Gasteiger partial charge in [-0.3, -0.25) is 9.11 Å². The molecule has 0 aromatic carbocycles. The van der Waals surface area contributed by atoms with Crippen molar-refractivity contribution >= 4 is 10.4 Å². The summed E-state index contributed by atoms with van der Waals surface area (Å²) in [4.78, 5) is 0. The molecular weight excluding hydrogens is 347 g/mol. The monoisotopic (exact) mass is 388 g/mol. The number of unbranched alkanes of at least 4 members (excludes halogenated alkanes) is 11. The van der Waals surface area contributed by atoms with Crippen molar-refractivity contribution in [2.75, 3.05) is 0 Å². The largest absolute Gasteiger partial charge is 1.00 e. The van der Waals surface area contributed by atoms with E-state index >= 15 is 0 Å². The Morgan fingerprint density at radius 3 is 1.20 bits per heavy atom. The third kappa shape index (κ3) is 40.7. The van der Waals surface area contributed by atoms with Crippen LogP contribution < -0.4 is 29.6 Å². The van der Waals surface area contributed by atoms with Crippen molar-refractivity contribution in [1.29, 1.82) is 0 Å². The van der Waals surface area contributed by atoms with Crippen molar-refractivity contribution in [3.63, 3.8) is 0 Å². The van der Waals surface area contributed by atoms with Gasteiger partial charge in [-0.05, 0) is 0 Å². The molecule has 0 fully saturated rings. The van der Waals surface area contributed by atoms with Gasteiger partial charge in [-0.15, -0.1) is 0 Å². The van der Waals surface area contributed by atoms with Crippen LogP contribution in [0.15, 0.2) is 0 Å². The Morgan fingerprint density at radius 2 is 0.920 bits per heavy atom. The van der Waals surface area contributed by atoms with Gasteiger partial charge in [0, 0.05) is 0 Å². The van der Waals surface area contributed by atoms with Crippen molar-refractivity contribution in [1.82, 2.24) is 0 Å². The third-order valence-corrected chi connectivity index (χ3v) is 4.18. The summed E-state index contributed by atoms with van der Waals surface area (Å²) in [5, 5.41) is 0. The first kappa shape index (κ1) is 30.6. The first-order valence-corrected chi connectivity index (χ1v) is 11.2. The van der Waals surface area contributed by atoms with E-state index in [-0.39, 0.29) is 29.6 Å². The molecule has 0 heterocycles. The summed E-state index contributed by atoms with van der Waals surface area (Å²) < 4.78 is 31.6. The number of hydrogen-bond acceptors (Lipinski definition) is 2. The fourth-order valence-electron chi connectivity index (χ4n) is 2.75. The Hall–Kier alpha value is 0.870. The zero-order valence-corrected chi connectivity index (χ0v) is 19.8.